The van der Waals surface area contributed by atoms with Crippen molar-refractivity contribution >= 4 is 0 Å². The van der Waals surface area contributed by atoms with Gasteiger partial charge in [0, 0.05) is 25.2 Å². The smallest absolute Gasteiger partial charge is 0.0651 e. The van der Waals surface area contributed by atoms with Crippen LogP contribution in [0, 0.1) is 5.92 Å². The second-order valence-corrected chi connectivity index (χ2v) is 5.66. The minimum absolute atomic E-state index is 0.404. The molecule has 0 aromatic carbocycles. The van der Waals surface area contributed by atoms with Crippen LogP contribution in [0.3, 0.4) is 0 Å². The number of hydrogen-bond donors (Lipinski definition) is 0. The summed E-state index contributed by atoms with van der Waals surface area (Å²) in [5.74, 6) is 0.774. The van der Waals surface area contributed by atoms with Gasteiger partial charge >= 0.3 is 0 Å². The highest BCUT2D eigenvalue weighted by atomic mass is 16.5. The molecule has 3 aliphatic rings. The monoisotopic (exact) mass is 225 g/mol. The second kappa shape index (κ2) is 4.63. The number of morpholine rings is 1. The van der Waals surface area contributed by atoms with Gasteiger partial charge in [0.25, 0.3) is 0 Å². The molecule has 0 amide bonds. The van der Waals surface area contributed by atoms with E-state index in [1.165, 1.54) is 38.6 Å². The van der Waals surface area contributed by atoms with Crippen molar-refractivity contribution in [1.82, 2.24) is 4.90 Å². The topological polar surface area (TPSA) is 21.7 Å². The summed E-state index contributed by atoms with van der Waals surface area (Å²) in [6.07, 6.45) is 6.73. The number of rotatable bonds is 2. The van der Waals surface area contributed by atoms with Crippen LogP contribution in [-0.4, -0.2) is 50.0 Å². The third-order valence-electron chi connectivity index (χ3n) is 4.58. The van der Waals surface area contributed by atoms with Gasteiger partial charge in [-0.2, -0.15) is 0 Å². The third-order valence-corrected chi connectivity index (χ3v) is 4.58. The largest absolute Gasteiger partial charge is 0.381 e. The lowest BCUT2D eigenvalue weighted by atomic mass is 9.93. The van der Waals surface area contributed by atoms with E-state index in [-0.39, 0.29) is 0 Å². The van der Waals surface area contributed by atoms with Crippen LogP contribution in [0.4, 0.5) is 0 Å². The van der Waals surface area contributed by atoms with Gasteiger partial charge in [-0.1, -0.05) is 12.8 Å². The predicted molar refractivity (Wildman–Crippen MR) is 62.5 cm³/mol. The Morgan fingerprint density at radius 1 is 1.12 bits per heavy atom. The van der Waals surface area contributed by atoms with Crippen molar-refractivity contribution in [2.45, 2.75) is 37.6 Å². The van der Waals surface area contributed by atoms with Crippen molar-refractivity contribution in [3.8, 4) is 0 Å². The highest BCUT2D eigenvalue weighted by Gasteiger charge is 2.42. The van der Waals surface area contributed by atoms with Crippen molar-refractivity contribution < 1.29 is 9.47 Å². The predicted octanol–water partition coefficient (Wildman–Crippen LogP) is 1.67. The molecule has 2 heterocycles. The number of ether oxygens (including phenoxy) is 2. The summed E-state index contributed by atoms with van der Waals surface area (Å²) in [5, 5.41) is 0. The third kappa shape index (κ3) is 2.01. The van der Waals surface area contributed by atoms with Gasteiger partial charge in [-0.15, -0.1) is 0 Å². The van der Waals surface area contributed by atoms with Crippen LogP contribution >= 0.6 is 0 Å². The van der Waals surface area contributed by atoms with E-state index in [0.29, 0.717) is 5.54 Å². The highest BCUT2D eigenvalue weighted by molar-refractivity contribution is 4.97. The number of hydrogen-bond acceptors (Lipinski definition) is 3. The zero-order valence-corrected chi connectivity index (χ0v) is 10.1. The van der Waals surface area contributed by atoms with Gasteiger partial charge in [0.2, 0.25) is 0 Å². The van der Waals surface area contributed by atoms with Crippen molar-refractivity contribution in [3.63, 3.8) is 0 Å². The maximum absolute atomic E-state index is 5.73. The van der Waals surface area contributed by atoms with E-state index < -0.39 is 0 Å². The van der Waals surface area contributed by atoms with Crippen molar-refractivity contribution in [1.29, 1.82) is 0 Å². The minimum Gasteiger partial charge on any atom is -0.381 e. The van der Waals surface area contributed by atoms with Crippen LogP contribution < -0.4 is 0 Å². The maximum Gasteiger partial charge on any atom is 0.0651 e. The second-order valence-electron chi connectivity index (χ2n) is 5.66. The Morgan fingerprint density at radius 2 is 2.00 bits per heavy atom. The van der Waals surface area contributed by atoms with Crippen LogP contribution in [-0.2, 0) is 9.47 Å². The van der Waals surface area contributed by atoms with Gasteiger partial charge in [0.05, 0.1) is 19.8 Å². The first kappa shape index (κ1) is 11.0. The molecule has 0 aromatic heterocycles. The van der Waals surface area contributed by atoms with E-state index in [1.54, 1.807) is 0 Å². The molecular formula is C13H23NO2. The van der Waals surface area contributed by atoms with E-state index in [1.807, 2.05) is 0 Å². The van der Waals surface area contributed by atoms with Crippen LogP contribution in [0.25, 0.3) is 0 Å². The molecule has 2 aliphatic heterocycles. The zero-order chi connectivity index (χ0) is 10.8. The van der Waals surface area contributed by atoms with Gasteiger partial charge in [-0.05, 0) is 25.2 Å². The van der Waals surface area contributed by atoms with Gasteiger partial charge in [0.15, 0.2) is 0 Å². The highest BCUT2D eigenvalue weighted by Crippen LogP contribution is 2.38. The molecule has 0 unspecified atom stereocenters. The lowest BCUT2D eigenvalue weighted by Crippen LogP contribution is -2.56. The van der Waals surface area contributed by atoms with Gasteiger partial charge in [-0.3, -0.25) is 4.90 Å². The summed E-state index contributed by atoms with van der Waals surface area (Å²) in [7, 11) is 0. The SMILES string of the molecule is C1CCC2(C1)COCCN2C[C@@H]1CCOC1. The Balaban J connectivity index is 1.65. The molecule has 1 saturated carbocycles. The van der Waals surface area contributed by atoms with Gasteiger partial charge in [0.1, 0.15) is 0 Å². The normalized spacial score (nSPS) is 34.9. The van der Waals surface area contributed by atoms with E-state index in [0.717, 1.165) is 38.9 Å². The van der Waals surface area contributed by atoms with E-state index in [9.17, 15) is 0 Å². The molecule has 2 saturated heterocycles. The first-order valence-corrected chi connectivity index (χ1v) is 6.80. The average Bonchev–Trinajstić information content (AvgIpc) is 2.94. The Bertz CT molecular complexity index is 232. The fourth-order valence-corrected chi connectivity index (χ4v) is 3.58. The molecule has 3 heteroatoms. The quantitative estimate of drug-likeness (QED) is 0.713. The van der Waals surface area contributed by atoms with Crippen molar-refractivity contribution in [2.24, 2.45) is 5.92 Å². The first-order chi connectivity index (χ1) is 7.89. The molecule has 0 aromatic rings. The Labute approximate surface area is 98.1 Å². The summed E-state index contributed by atoms with van der Waals surface area (Å²) < 4.78 is 11.2. The molecule has 3 rings (SSSR count). The van der Waals surface area contributed by atoms with Crippen LogP contribution in [0.2, 0.25) is 0 Å². The Kier molecular flexibility index (Phi) is 3.18. The molecule has 0 N–H and O–H groups in total. The summed E-state index contributed by atoms with van der Waals surface area (Å²) in [5.41, 5.74) is 0.404. The first-order valence-electron chi connectivity index (χ1n) is 6.80. The molecule has 1 atom stereocenters. The molecule has 16 heavy (non-hydrogen) atoms. The Hall–Kier alpha value is -0.120. The van der Waals surface area contributed by atoms with Gasteiger partial charge in [-0.25, -0.2) is 0 Å². The molecule has 1 spiro atoms. The Morgan fingerprint density at radius 3 is 2.75 bits per heavy atom. The van der Waals surface area contributed by atoms with Crippen molar-refractivity contribution in [2.75, 3.05) is 39.5 Å². The maximum atomic E-state index is 5.73. The van der Waals surface area contributed by atoms with Gasteiger partial charge < -0.3 is 9.47 Å². The molecule has 92 valence electrons. The molecule has 0 bridgehead atoms. The fourth-order valence-electron chi connectivity index (χ4n) is 3.58. The molecule has 3 nitrogen and oxygen atoms in total. The summed E-state index contributed by atoms with van der Waals surface area (Å²) in [6.45, 7) is 6.23. The summed E-state index contributed by atoms with van der Waals surface area (Å²) in [4.78, 5) is 2.73. The van der Waals surface area contributed by atoms with E-state index >= 15 is 0 Å². The van der Waals surface area contributed by atoms with E-state index in [4.69, 9.17) is 9.47 Å². The molecule has 1 aliphatic carbocycles. The molecular weight excluding hydrogens is 202 g/mol. The zero-order valence-electron chi connectivity index (χ0n) is 10.1. The summed E-state index contributed by atoms with van der Waals surface area (Å²) in [6, 6.07) is 0. The van der Waals surface area contributed by atoms with Crippen LogP contribution in [0.5, 0.6) is 0 Å². The fraction of sp³-hybridized carbons (Fsp3) is 1.00. The van der Waals surface area contributed by atoms with Crippen molar-refractivity contribution in [3.05, 3.63) is 0 Å². The average molecular weight is 225 g/mol. The lowest BCUT2D eigenvalue weighted by Gasteiger charge is -2.45. The standard InChI is InChI=1S/C13H23NO2/c1-2-5-13(4-1)11-16-8-6-14(13)9-12-3-7-15-10-12/h12H,1-11H2/t12-/m0/s1. The van der Waals surface area contributed by atoms with Crippen LogP contribution in [0.15, 0.2) is 0 Å². The molecule has 3 fully saturated rings. The van der Waals surface area contributed by atoms with E-state index in [2.05, 4.69) is 4.90 Å². The number of nitrogens with zero attached hydrogens (tertiary/aromatic N) is 1. The lowest BCUT2D eigenvalue weighted by molar-refractivity contribution is -0.0719. The summed E-state index contributed by atoms with van der Waals surface area (Å²) >= 11 is 0. The minimum atomic E-state index is 0.404. The molecule has 0 radical (unpaired) electrons. The van der Waals surface area contributed by atoms with Crippen LogP contribution in [0.1, 0.15) is 32.1 Å².